The van der Waals surface area contributed by atoms with Crippen molar-refractivity contribution >= 4 is 11.4 Å². The van der Waals surface area contributed by atoms with Crippen LogP contribution in [0.5, 0.6) is 0 Å². The minimum Gasteiger partial charge on any atom is -0.803 e. The van der Waals surface area contributed by atoms with E-state index in [0.29, 0.717) is 17.0 Å². The number of nitrogens with two attached hydrogens (primary N) is 1. The van der Waals surface area contributed by atoms with Gasteiger partial charge in [-0.25, -0.2) is 0 Å². The van der Waals surface area contributed by atoms with E-state index in [4.69, 9.17) is 5.73 Å². The van der Waals surface area contributed by atoms with Crippen LogP contribution in [-0.2, 0) is 7.05 Å². The predicted molar refractivity (Wildman–Crippen MR) is 86.1 cm³/mol. The first kappa shape index (κ1) is 14.6. The van der Waals surface area contributed by atoms with Gasteiger partial charge in [0.25, 0.3) is 0 Å². The Balaban J connectivity index is 2.26. The summed E-state index contributed by atoms with van der Waals surface area (Å²) in [4.78, 5) is 11.4. The lowest BCUT2D eigenvalue weighted by molar-refractivity contribution is 0.858. The molecule has 0 aliphatic heterocycles. The van der Waals surface area contributed by atoms with Crippen LogP contribution in [0.2, 0.25) is 0 Å². The maximum atomic E-state index is 11.4. The summed E-state index contributed by atoms with van der Waals surface area (Å²) in [6, 6.07) is 12.4. The van der Waals surface area contributed by atoms with Gasteiger partial charge in [-0.15, -0.1) is 5.71 Å². The molecule has 0 saturated heterocycles. The summed E-state index contributed by atoms with van der Waals surface area (Å²) >= 11 is 0. The van der Waals surface area contributed by atoms with Crippen LogP contribution in [0.15, 0.2) is 64.9 Å². The fourth-order valence-corrected chi connectivity index (χ4v) is 1.85. The monoisotopic (exact) mass is 281 g/mol. The number of benzene rings is 1. The molecular weight excluding hydrogens is 264 g/mol. The molecule has 5 heteroatoms. The molecule has 0 atom stereocenters. The third kappa shape index (κ3) is 3.39. The zero-order chi connectivity index (χ0) is 15.4. The van der Waals surface area contributed by atoms with E-state index in [1.54, 1.807) is 26.2 Å². The van der Waals surface area contributed by atoms with Gasteiger partial charge in [0.1, 0.15) is 5.82 Å². The molecular formula is C16H17N4O-. The molecule has 108 valence electrons. The summed E-state index contributed by atoms with van der Waals surface area (Å²) in [5, 5.41) is 13.3. The first-order valence-electron chi connectivity index (χ1n) is 6.51. The number of nitrogens with one attached hydrogen (secondary N) is 1. The van der Waals surface area contributed by atoms with Gasteiger partial charge in [-0.2, -0.15) is 0 Å². The maximum Gasteiger partial charge on any atom is 0.250 e. The topological polar surface area (TPSA) is 82.4 Å². The van der Waals surface area contributed by atoms with Crippen molar-refractivity contribution in [3.63, 3.8) is 0 Å². The molecule has 2 aromatic rings. The summed E-state index contributed by atoms with van der Waals surface area (Å²) in [6.45, 7) is 1.71. The molecule has 1 aromatic heterocycles. The Labute approximate surface area is 123 Å². The third-order valence-corrected chi connectivity index (χ3v) is 3.17. The van der Waals surface area contributed by atoms with Crippen molar-refractivity contribution in [2.75, 3.05) is 5.32 Å². The summed E-state index contributed by atoms with van der Waals surface area (Å²) in [5.74, 6) is 0.354. The molecule has 21 heavy (non-hydrogen) atoms. The first-order valence-corrected chi connectivity index (χ1v) is 6.51. The second-order valence-electron chi connectivity index (χ2n) is 4.75. The zero-order valence-electron chi connectivity index (χ0n) is 12.0. The van der Waals surface area contributed by atoms with E-state index in [1.807, 2.05) is 30.3 Å². The van der Waals surface area contributed by atoms with Gasteiger partial charge in [0.15, 0.2) is 0 Å². The van der Waals surface area contributed by atoms with Gasteiger partial charge in [0.2, 0.25) is 5.56 Å². The fourth-order valence-electron chi connectivity index (χ4n) is 1.85. The Hall–Kier alpha value is -2.82. The second kappa shape index (κ2) is 6.09. The van der Waals surface area contributed by atoms with Gasteiger partial charge in [-0.3, -0.25) is 4.79 Å². The SMILES string of the molecule is C/C(C(=[N-])c1ccc(=O)n(C)c1)=C(\N)Nc1ccccc1. The Morgan fingerprint density at radius 3 is 2.48 bits per heavy atom. The largest absolute Gasteiger partial charge is 0.803 e. The van der Waals surface area contributed by atoms with Crippen LogP contribution in [0.25, 0.3) is 5.41 Å². The molecule has 0 saturated carbocycles. The van der Waals surface area contributed by atoms with Gasteiger partial charge < -0.3 is 21.0 Å². The van der Waals surface area contributed by atoms with Crippen LogP contribution >= 0.6 is 0 Å². The zero-order valence-corrected chi connectivity index (χ0v) is 12.0. The van der Waals surface area contributed by atoms with E-state index in [0.717, 1.165) is 5.69 Å². The highest BCUT2D eigenvalue weighted by Gasteiger charge is 2.03. The quantitative estimate of drug-likeness (QED) is 0.841. The van der Waals surface area contributed by atoms with Gasteiger partial charge in [0, 0.05) is 25.0 Å². The number of aromatic nitrogens is 1. The Morgan fingerprint density at radius 1 is 1.19 bits per heavy atom. The highest BCUT2D eigenvalue weighted by atomic mass is 16.1. The molecule has 0 unspecified atom stereocenters. The average Bonchev–Trinajstić information content (AvgIpc) is 2.49. The van der Waals surface area contributed by atoms with E-state index in [-0.39, 0.29) is 11.3 Å². The third-order valence-electron chi connectivity index (χ3n) is 3.17. The Kier molecular flexibility index (Phi) is 4.23. The summed E-state index contributed by atoms with van der Waals surface area (Å²) < 4.78 is 1.40. The number of aryl methyl sites for hydroxylation is 1. The van der Waals surface area contributed by atoms with Crippen molar-refractivity contribution in [1.29, 1.82) is 0 Å². The van der Waals surface area contributed by atoms with E-state index in [2.05, 4.69) is 5.32 Å². The number of nitrogens with zero attached hydrogens (tertiary/aromatic N) is 2. The highest BCUT2D eigenvalue weighted by Crippen LogP contribution is 2.12. The van der Waals surface area contributed by atoms with Crippen LogP contribution in [0, 0.1) is 0 Å². The maximum absolute atomic E-state index is 11.4. The van der Waals surface area contributed by atoms with Crippen LogP contribution in [-0.4, -0.2) is 10.3 Å². The number of para-hydroxylation sites is 1. The van der Waals surface area contributed by atoms with Crippen LogP contribution in [0.4, 0.5) is 5.69 Å². The minimum absolute atomic E-state index is 0.0338. The number of hydrogen-bond donors (Lipinski definition) is 2. The molecule has 5 nitrogen and oxygen atoms in total. The van der Waals surface area contributed by atoms with Gasteiger partial charge in [-0.05, 0) is 36.3 Å². The number of rotatable bonds is 4. The number of anilines is 1. The molecule has 0 radical (unpaired) electrons. The van der Waals surface area contributed by atoms with Crippen LogP contribution < -0.4 is 16.6 Å². The van der Waals surface area contributed by atoms with Crippen molar-refractivity contribution in [2.45, 2.75) is 6.92 Å². The fraction of sp³-hybridized carbons (Fsp3) is 0.125. The number of pyridine rings is 1. The van der Waals surface area contributed by atoms with Gasteiger partial charge in [0.05, 0.1) is 0 Å². The van der Waals surface area contributed by atoms with Crippen LogP contribution in [0.3, 0.4) is 0 Å². The molecule has 0 fully saturated rings. The van der Waals surface area contributed by atoms with E-state index >= 15 is 0 Å². The molecule has 0 amide bonds. The minimum atomic E-state index is -0.136. The Morgan fingerprint density at radius 2 is 1.86 bits per heavy atom. The van der Waals surface area contributed by atoms with Crippen LogP contribution in [0.1, 0.15) is 12.5 Å². The normalized spacial score (nSPS) is 11.7. The van der Waals surface area contributed by atoms with Gasteiger partial charge in [-0.1, -0.05) is 18.2 Å². The van der Waals surface area contributed by atoms with E-state index in [9.17, 15) is 10.2 Å². The highest BCUT2D eigenvalue weighted by molar-refractivity contribution is 6.14. The molecule has 0 spiro atoms. The summed E-state index contributed by atoms with van der Waals surface area (Å²) in [5.41, 5.74) is 7.75. The second-order valence-corrected chi connectivity index (χ2v) is 4.75. The summed E-state index contributed by atoms with van der Waals surface area (Å²) in [6.07, 6.45) is 1.57. The van der Waals surface area contributed by atoms with Crippen molar-refractivity contribution in [3.8, 4) is 0 Å². The molecule has 0 aliphatic carbocycles. The summed E-state index contributed by atoms with van der Waals surface area (Å²) in [7, 11) is 1.63. The standard InChI is InChI=1S/C16H17N4O/c1-11(16(18)19-13-6-4-3-5-7-13)15(17)12-8-9-14(21)20(2)10-12/h3-10,19H,18H2,1-2H3/q-1/b16-11-. The molecule has 3 N–H and O–H groups in total. The Bertz CT molecular complexity index is 744. The molecule has 1 aromatic carbocycles. The molecule has 0 bridgehead atoms. The van der Waals surface area contributed by atoms with Crippen molar-refractivity contribution in [3.05, 3.63) is 81.4 Å². The lowest BCUT2D eigenvalue weighted by Crippen LogP contribution is -2.19. The van der Waals surface area contributed by atoms with E-state index < -0.39 is 0 Å². The van der Waals surface area contributed by atoms with E-state index in [1.165, 1.54) is 10.6 Å². The lowest BCUT2D eigenvalue weighted by atomic mass is 10.1. The molecule has 2 rings (SSSR count). The average molecular weight is 281 g/mol. The van der Waals surface area contributed by atoms with Gasteiger partial charge >= 0.3 is 0 Å². The van der Waals surface area contributed by atoms with Crippen molar-refractivity contribution < 1.29 is 0 Å². The smallest absolute Gasteiger partial charge is 0.250 e. The first-order chi connectivity index (χ1) is 9.99. The predicted octanol–water partition coefficient (Wildman–Crippen LogP) is 2.05. The lowest BCUT2D eigenvalue weighted by Gasteiger charge is -2.18. The number of hydrogen-bond acceptors (Lipinski definition) is 3. The number of allylic oxidation sites excluding steroid dienone is 1. The van der Waals surface area contributed by atoms with Crippen molar-refractivity contribution in [2.24, 2.45) is 12.8 Å². The molecule has 1 heterocycles. The molecule has 0 aliphatic rings. The van der Waals surface area contributed by atoms with Crippen molar-refractivity contribution in [1.82, 2.24) is 4.57 Å².